The van der Waals surface area contributed by atoms with E-state index < -0.39 is 71.8 Å². The van der Waals surface area contributed by atoms with E-state index in [2.05, 4.69) is 5.32 Å². The number of carbonyl (C=O) groups is 6. The average molecular weight is 836 g/mol. The van der Waals surface area contributed by atoms with Crippen molar-refractivity contribution in [1.29, 1.82) is 0 Å². The van der Waals surface area contributed by atoms with Gasteiger partial charge in [-0.05, 0) is 52.8 Å². The van der Waals surface area contributed by atoms with Crippen molar-refractivity contribution >= 4 is 47.3 Å². The van der Waals surface area contributed by atoms with Gasteiger partial charge in [-0.2, -0.15) is 0 Å². The number of hydrogen-bond donors (Lipinski definition) is 2. The molecule has 5 aromatic carbocycles. The Morgan fingerprint density at radius 2 is 1.13 bits per heavy atom. The van der Waals surface area contributed by atoms with Gasteiger partial charge in [-0.1, -0.05) is 133 Å². The number of ether oxygens (including phenoxy) is 2. The molecule has 308 valence electrons. The van der Waals surface area contributed by atoms with Crippen LogP contribution >= 0.6 is 11.8 Å². The number of amides is 4. The lowest BCUT2D eigenvalue weighted by Crippen LogP contribution is -2.70. The van der Waals surface area contributed by atoms with Gasteiger partial charge >= 0.3 is 11.9 Å². The number of nitrogens with one attached hydrogen (secondary N) is 1. The largest absolute Gasteiger partial charge is 0.451 e. The molecule has 0 aromatic heterocycles. The van der Waals surface area contributed by atoms with Gasteiger partial charge in [-0.3, -0.25) is 29.0 Å². The summed E-state index contributed by atoms with van der Waals surface area (Å²) in [6, 6.07) is 40.6. The molecule has 3 atom stereocenters. The van der Waals surface area contributed by atoms with Crippen molar-refractivity contribution in [3.8, 4) is 0 Å². The molecule has 0 aliphatic carbocycles. The molecule has 12 nitrogen and oxygen atoms in total. The van der Waals surface area contributed by atoms with Crippen molar-refractivity contribution in [1.82, 2.24) is 15.1 Å². The lowest BCUT2D eigenvalue weighted by atomic mass is 10.0. The molecular weight excluding hydrogens is 795 g/mol. The van der Waals surface area contributed by atoms with Gasteiger partial charge < -0.3 is 19.9 Å². The van der Waals surface area contributed by atoms with E-state index >= 15 is 0 Å². The Hall–Kier alpha value is -6.83. The number of thioether (sulfide) groups is 1. The monoisotopic (exact) mass is 835 g/mol. The predicted octanol–water partition coefficient (Wildman–Crippen LogP) is 6.13. The third kappa shape index (κ3) is 8.34. The van der Waals surface area contributed by atoms with Crippen LogP contribution in [0.4, 0.5) is 0 Å². The van der Waals surface area contributed by atoms with Crippen LogP contribution in [0, 0.1) is 0 Å². The van der Waals surface area contributed by atoms with Crippen LogP contribution in [0.25, 0.3) is 0 Å². The van der Waals surface area contributed by atoms with E-state index in [1.807, 2.05) is 121 Å². The summed E-state index contributed by atoms with van der Waals surface area (Å²) in [5.41, 5.74) is 3.43. The minimum Gasteiger partial charge on any atom is -0.451 e. The number of aliphatic hydroxyl groups excluding tert-OH is 1. The highest BCUT2D eigenvalue weighted by atomic mass is 32.2. The standard InChI is InChI=1S/C48H41N3O9S/c52-28-34-29-61-46-39(45(56)51(46)40(34)48(58)60-42(32-20-9-3-10-21-32)33-22-11-4-12-23-33)49-38(53)27-15-26-37(50-43(54)35-24-13-14-25-36(35)44(50)55)47(57)59-41(30-16-5-1-6-17-30)31-18-7-2-8-19-31/h1-14,16-25,37,39,41-42,46,52H,15,26-29H2,(H,49,53)/t37?,39?,46-/m0/s1. The van der Waals surface area contributed by atoms with Crippen LogP contribution in [0.1, 0.15) is 74.4 Å². The quantitative estimate of drug-likeness (QED) is 0.0714. The fourth-order valence-corrected chi connectivity index (χ4v) is 9.20. The fraction of sp³-hybridized carbons (Fsp3) is 0.208. The summed E-state index contributed by atoms with van der Waals surface area (Å²) in [7, 11) is 0. The van der Waals surface area contributed by atoms with E-state index in [-0.39, 0.29) is 41.8 Å². The maximum Gasteiger partial charge on any atom is 0.356 e. The zero-order chi connectivity index (χ0) is 42.5. The molecular formula is C48H41N3O9S. The Bertz CT molecular complexity index is 2370. The first-order valence-corrected chi connectivity index (χ1v) is 20.9. The summed E-state index contributed by atoms with van der Waals surface area (Å²) in [5.74, 6) is -3.70. The van der Waals surface area contributed by atoms with Crippen molar-refractivity contribution < 1.29 is 43.3 Å². The average Bonchev–Trinajstić information content (AvgIpc) is 3.56. The molecule has 4 amide bonds. The first-order valence-electron chi connectivity index (χ1n) is 19.9. The number of hydrogen-bond acceptors (Lipinski definition) is 10. The summed E-state index contributed by atoms with van der Waals surface area (Å²) in [5, 5.41) is 12.4. The second-order valence-electron chi connectivity index (χ2n) is 14.7. The van der Waals surface area contributed by atoms with Gasteiger partial charge in [0.15, 0.2) is 12.2 Å². The van der Waals surface area contributed by atoms with Crippen molar-refractivity contribution in [2.24, 2.45) is 0 Å². The molecule has 5 aromatic rings. The molecule has 3 aliphatic heterocycles. The van der Waals surface area contributed by atoms with Crippen molar-refractivity contribution in [3.05, 3.63) is 190 Å². The van der Waals surface area contributed by atoms with Gasteiger partial charge in [0, 0.05) is 12.2 Å². The molecule has 1 saturated heterocycles. The maximum atomic E-state index is 14.2. The van der Waals surface area contributed by atoms with Gasteiger partial charge in [-0.25, -0.2) is 9.59 Å². The molecule has 0 bridgehead atoms. The molecule has 3 heterocycles. The fourth-order valence-electron chi connectivity index (χ4n) is 7.86. The van der Waals surface area contributed by atoms with E-state index in [0.29, 0.717) is 16.7 Å². The number of fused-ring (bicyclic) bond motifs is 2. The van der Waals surface area contributed by atoms with Crippen molar-refractivity contribution in [2.45, 2.75) is 48.9 Å². The normalized spacial score (nSPS) is 17.5. The van der Waals surface area contributed by atoms with Crippen molar-refractivity contribution in [2.75, 3.05) is 12.4 Å². The number of imide groups is 1. The number of aliphatic hydroxyl groups is 1. The second-order valence-corrected chi connectivity index (χ2v) is 15.8. The first-order chi connectivity index (χ1) is 29.7. The second kappa shape index (κ2) is 18.2. The predicted molar refractivity (Wildman–Crippen MR) is 225 cm³/mol. The molecule has 61 heavy (non-hydrogen) atoms. The number of rotatable bonds is 15. The number of carbonyl (C=O) groups excluding carboxylic acids is 6. The Balaban J connectivity index is 0.955. The third-order valence-electron chi connectivity index (χ3n) is 10.9. The Kier molecular flexibility index (Phi) is 12.2. The molecule has 0 saturated carbocycles. The summed E-state index contributed by atoms with van der Waals surface area (Å²) in [6.45, 7) is -0.472. The molecule has 3 aliphatic rings. The minimum atomic E-state index is -1.36. The zero-order valence-electron chi connectivity index (χ0n) is 32.8. The van der Waals surface area contributed by atoms with Crippen LogP contribution in [0.5, 0.6) is 0 Å². The number of nitrogens with zero attached hydrogens (tertiary/aromatic N) is 2. The highest BCUT2D eigenvalue weighted by molar-refractivity contribution is 8.00. The third-order valence-corrected chi connectivity index (χ3v) is 12.2. The minimum absolute atomic E-state index is 0.0507. The van der Waals surface area contributed by atoms with E-state index in [9.17, 15) is 33.9 Å². The van der Waals surface area contributed by atoms with Gasteiger partial charge in [0.1, 0.15) is 23.2 Å². The molecule has 2 N–H and O–H groups in total. The Morgan fingerprint density at radius 3 is 1.61 bits per heavy atom. The SMILES string of the molecule is O=C(CCCC(C(=O)OC(c1ccccc1)c1ccccc1)N1C(=O)c2ccccc2C1=O)NC1C(=O)N2C(C(=O)OC(c3ccccc3)c3ccccc3)=C(CO)CS[C@@H]12. The van der Waals surface area contributed by atoms with Gasteiger partial charge in [-0.15, -0.1) is 11.8 Å². The highest BCUT2D eigenvalue weighted by Gasteiger charge is 2.54. The van der Waals surface area contributed by atoms with E-state index in [1.54, 1.807) is 12.1 Å². The van der Waals surface area contributed by atoms with Gasteiger partial charge in [0.25, 0.3) is 17.7 Å². The molecule has 2 unspecified atom stereocenters. The smallest absolute Gasteiger partial charge is 0.356 e. The van der Waals surface area contributed by atoms with Crippen molar-refractivity contribution in [3.63, 3.8) is 0 Å². The Labute approximate surface area is 356 Å². The van der Waals surface area contributed by atoms with Crippen LogP contribution < -0.4 is 5.32 Å². The summed E-state index contributed by atoms with van der Waals surface area (Å²) in [6.07, 6.45) is -1.83. The summed E-state index contributed by atoms with van der Waals surface area (Å²) >= 11 is 1.30. The molecule has 1 fully saturated rings. The molecule has 0 radical (unpaired) electrons. The topological polar surface area (TPSA) is 160 Å². The summed E-state index contributed by atoms with van der Waals surface area (Å²) < 4.78 is 12.2. The van der Waals surface area contributed by atoms with Crippen LogP contribution in [-0.2, 0) is 28.7 Å². The zero-order valence-corrected chi connectivity index (χ0v) is 33.6. The molecule has 13 heteroatoms. The van der Waals surface area contributed by atoms with Crippen LogP contribution in [0.15, 0.2) is 157 Å². The number of esters is 2. The lowest BCUT2D eigenvalue weighted by molar-refractivity contribution is -0.155. The van der Waals surface area contributed by atoms with Gasteiger partial charge in [0.05, 0.1) is 17.7 Å². The first kappa shape index (κ1) is 40.9. The van der Waals surface area contributed by atoms with Crippen LogP contribution in [0.3, 0.4) is 0 Å². The van der Waals surface area contributed by atoms with E-state index in [1.165, 1.54) is 28.8 Å². The lowest BCUT2D eigenvalue weighted by Gasteiger charge is -2.49. The molecule has 0 spiro atoms. The van der Waals surface area contributed by atoms with Gasteiger partial charge in [0.2, 0.25) is 5.91 Å². The summed E-state index contributed by atoms with van der Waals surface area (Å²) in [4.78, 5) is 84.9. The van der Waals surface area contributed by atoms with E-state index in [0.717, 1.165) is 16.0 Å². The number of β-lactam (4-membered cyclic amide) rings is 1. The molecule has 8 rings (SSSR count). The number of benzene rings is 5. The van der Waals surface area contributed by atoms with Crippen LogP contribution in [-0.4, -0.2) is 80.3 Å². The van der Waals surface area contributed by atoms with Crippen LogP contribution in [0.2, 0.25) is 0 Å². The maximum absolute atomic E-state index is 14.2. The highest BCUT2D eigenvalue weighted by Crippen LogP contribution is 2.42. The Morgan fingerprint density at radius 1 is 0.672 bits per heavy atom. The van der Waals surface area contributed by atoms with E-state index in [4.69, 9.17) is 9.47 Å².